The first kappa shape index (κ1) is 7.62. The first-order chi connectivity index (χ1) is 6.26. The Bertz CT molecular complexity index is 305. The lowest BCUT2D eigenvalue weighted by molar-refractivity contribution is 1.34. The zero-order chi connectivity index (χ0) is 9.68. The van der Waals surface area contributed by atoms with Crippen molar-refractivity contribution < 1.29 is 1.37 Å². The Kier molecular flexibility index (Phi) is 2.61. The van der Waals surface area contributed by atoms with E-state index in [1.807, 2.05) is 24.3 Å². The van der Waals surface area contributed by atoms with Crippen LogP contribution in [0.2, 0.25) is 0 Å². The second-order valence-electron chi connectivity index (χ2n) is 2.54. The van der Waals surface area contributed by atoms with Crippen molar-refractivity contribution in [2.45, 2.75) is 13.3 Å². The van der Waals surface area contributed by atoms with Crippen LogP contribution in [0.1, 0.15) is 13.8 Å². The van der Waals surface area contributed by atoms with Gasteiger partial charge in [-0.1, -0.05) is 24.4 Å². The van der Waals surface area contributed by atoms with Crippen molar-refractivity contribution in [2.75, 3.05) is 0 Å². The zero-order valence-electron chi connectivity index (χ0n) is 7.79. The van der Waals surface area contributed by atoms with Gasteiger partial charge in [0.1, 0.15) is 0 Å². The van der Waals surface area contributed by atoms with Crippen LogP contribution in [0.5, 0.6) is 0 Å². The van der Waals surface area contributed by atoms with Crippen molar-refractivity contribution in [1.82, 2.24) is 0 Å². The van der Waals surface area contributed by atoms with E-state index in [1.54, 1.807) is 0 Å². The summed E-state index contributed by atoms with van der Waals surface area (Å²) in [4.78, 5) is 4.55. The van der Waals surface area contributed by atoms with Crippen LogP contribution in [0.4, 0.5) is 5.69 Å². The number of thiocarbonyl (C=S) groups is 1. The van der Waals surface area contributed by atoms with E-state index in [9.17, 15) is 0 Å². The molecule has 0 aliphatic carbocycles. The predicted molar refractivity (Wildman–Crippen MR) is 57.6 cm³/mol. The van der Waals surface area contributed by atoms with Gasteiger partial charge in [0.15, 0.2) is 0 Å². The van der Waals surface area contributed by atoms with Crippen LogP contribution < -0.4 is 0 Å². The van der Waals surface area contributed by atoms with Gasteiger partial charge in [-0.2, -0.15) is 0 Å². The average Bonchev–Trinajstić information content (AvgIpc) is 2.19. The van der Waals surface area contributed by atoms with E-state index in [4.69, 9.17) is 13.6 Å². The Morgan fingerprint density at radius 1 is 1.58 bits per heavy atom. The largest absolute Gasteiger partial charge is 0.265 e. The molecule has 1 rings (SSSR count). The zero-order valence-corrected chi connectivity index (χ0v) is 7.60. The van der Waals surface area contributed by atoms with Gasteiger partial charge in [-0.25, -0.2) is 0 Å². The third-order valence-electron chi connectivity index (χ3n) is 1.52. The Morgan fingerprint density at radius 3 is 2.75 bits per heavy atom. The summed E-state index contributed by atoms with van der Waals surface area (Å²) >= 11 is 4.98. The lowest BCUT2D eigenvalue weighted by Gasteiger charge is -1.98. The van der Waals surface area contributed by atoms with Gasteiger partial charge in [0, 0.05) is 7.79 Å². The molecule has 2 heteroatoms. The van der Waals surface area contributed by atoms with E-state index >= 15 is 0 Å². The van der Waals surface area contributed by atoms with Crippen LogP contribution in [-0.2, 0) is 6.42 Å². The lowest BCUT2D eigenvalue weighted by atomic mass is 10.1. The fourth-order valence-corrected chi connectivity index (χ4v) is 1.11. The molecule has 62 valence electrons. The SMILES string of the molecule is [2H]CC(=S)Cc1ccc(N=C)cc1. The molecule has 0 heterocycles. The number of aliphatic imine (C=N–C) groups is 1. The molecule has 0 bridgehead atoms. The summed E-state index contributed by atoms with van der Waals surface area (Å²) in [7, 11) is 0. The molecule has 0 atom stereocenters. The number of benzene rings is 1. The van der Waals surface area contributed by atoms with Crippen molar-refractivity contribution in [3.63, 3.8) is 0 Å². The van der Waals surface area contributed by atoms with Gasteiger partial charge in [-0.3, -0.25) is 4.99 Å². The second-order valence-corrected chi connectivity index (χ2v) is 3.12. The molecule has 0 amide bonds. The van der Waals surface area contributed by atoms with Gasteiger partial charge in [0.25, 0.3) is 0 Å². The van der Waals surface area contributed by atoms with Gasteiger partial charge < -0.3 is 0 Å². The maximum Gasteiger partial charge on any atom is 0.0622 e. The average molecular weight is 178 g/mol. The Morgan fingerprint density at radius 2 is 2.25 bits per heavy atom. The standard InChI is InChI=1S/C10H11NS/c1-8(12)7-9-3-5-10(11-2)6-4-9/h3-6H,2,7H2,1H3/i1D. The molecule has 0 radical (unpaired) electrons. The van der Waals surface area contributed by atoms with E-state index in [-0.39, 0.29) is 6.90 Å². The first-order valence-corrected chi connectivity index (χ1v) is 4.03. The number of rotatable bonds is 3. The summed E-state index contributed by atoms with van der Waals surface area (Å²) in [5, 5.41) is 0. The van der Waals surface area contributed by atoms with E-state index in [0.29, 0.717) is 6.42 Å². The lowest BCUT2D eigenvalue weighted by Crippen LogP contribution is -1.92. The minimum absolute atomic E-state index is 0.219. The fourth-order valence-electron chi connectivity index (χ4n) is 0.947. The summed E-state index contributed by atoms with van der Waals surface area (Å²) < 4.78 is 7.07. The number of hydrogen-bond donors (Lipinski definition) is 0. The van der Waals surface area contributed by atoms with E-state index in [2.05, 4.69) is 11.7 Å². The van der Waals surface area contributed by atoms with Crippen LogP contribution in [0.15, 0.2) is 29.3 Å². The Hall–Kier alpha value is -1.02. The maximum absolute atomic E-state index is 7.07. The Balaban J connectivity index is 2.69. The molecule has 1 aromatic rings. The molecule has 0 N–H and O–H groups in total. The molecule has 1 aromatic carbocycles. The molecule has 0 fully saturated rings. The summed E-state index contributed by atoms with van der Waals surface area (Å²) in [6.45, 7) is 3.65. The molecule has 0 aliphatic rings. The quantitative estimate of drug-likeness (QED) is 0.512. The van der Waals surface area contributed by atoms with E-state index in [0.717, 1.165) is 16.1 Å². The van der Waals surface area contributed by atoms with Gasteiger partial charge in [0.2, 0.25) is 0 Å². The minimum Gasteiger partial charge on any atom is -0.265 e. The monoisotopic (exact) mass is 178 g/mol. The molecule has 0 unspecified atom stereocenters. The van der Waals surface area contributed by atoms with Crippen molar-refractivity contribution in [3.05, 3.63) is 29.8 Å². The first-order valence-electron chi connectivity index (χ1n) is 4.33. The molecule has 0 aliphatic heterocycles. The van der Waals surface area contributed by atoms with Gasteiger partial charge in [-0.15, -0.1) is 0 Å². The normalized spacial score (nSPS) is 10.5. The highest BCUT2D eigenvalue weighted by atomic mass is 32.1. The number of nitrogens with zero attached hydrogens (tertiary/aromatic N) is 1. The summed E-state index contributed by atoms with van der Waals surface area (Å²) in [6, 6.07) is 7.72. The van der Waals surface area contributed by atoms with Crippen LogP contribution in [-0.4, -0.2) is 11.6 Å². The van der Waals surface area contributed by atoms with Crippen LogP contribution in [0, 0.1) is 0 Å². The van der Waals surface area contributed by atoms with Crippen molar-refractivity contribution in [1.29, 1.82) is 0 Å². The third kappa shape index (κ3) is 2.55. The molecule has 1 nitrogen and oxygen atoms in total. The summed E-state index contributed by atoms with van der Waals surface area (Å²) in [6.07, 6.45) is 0.705. The molecule has 0 saturated carbocycles. The van der Waals surface area contributed by atoms with Gasteiger partial charge >= 0.3 is 0 Å². The summed E-state index contributed by atoms with van der Waals surface area (Å²) in [5.41, 5.74) is 1.99. The van der Waals surface area contributed by atoms with Crippen molar-refractivity contribution in [2.24, 2.45) is 4.99 Å². The molecular formula is C10H11NS. The van der Waals surface area contributed by atoms with Gasteiger partial charge in [0.05, 0.1) is 5.69 Å². The summed E-state index contributed by atoms with van der Waals surface area (Å²) in [5.74, 6) is 0. The third-order valence-corrected chi connectivity index (χ3v) is 1.66. The van der Waals surface area contributed by atoms with E-state index < -0.39 is 0 Å². The number of hydrogen-bond acceptors (Lipinski definition) is 2. The molecular weight excluding hydrogens is 166 g/mol. The van der Waals surface area contributed by atoms with E-state index in [1.165, 1.54) is 0 Å². The van der Waals surface area contributed by atoms with Crippen molar-refractivity contribution in [3.8, 4) is 0 Å². The Labute approximate surface area is 79.6 Å². The highest BCUT2D eigenvalue weighted by Gasteiger charge is 1.93. The highest BCUT2D eigenvalue weighted by molar-refractivity contribution is 7.80. The van der Waals surface area contributed by atoms with Crippen LogP contribution in [0.25, 0.3) is 0 Å². The maximum atomic E-state index is 7.07. The molecule has 0 spiro atoms. The molecule has 0 saturated heterocycles. The topological polar surface area (TPSA) is 12.4 Å². The van der Waals surface area contributed by atoms with Crippen LogP contribution in [0.3, 0.4) is 0 Å². The van der Waals surface area contributed by atoms with Crippen molar-refractivity contribution >= 4 is 29.5 Å². The smallest absolute Gasteiger partial charge is 0.0622 e. The highest BCUT2D eigenvalue weighted by Crippen LogP contribution is 2.12. The van der Waals surface area contributed by atoms with Gasteiger partial charge in [-0.05, 0) is 36.2 Å². The predicted octanol–water partition coefficient (Wildman–Crippen LogP) is 2.95. The second kappa shape index (κ2) is 4.12. The molecule has 0 aromatic heterocycles. The van der Waals surface area contributed by atoms with Crippen LogP contribution >= 0.6 is 12.2 Å². The minimum atomic E-state index is 0.219. The fraction of sp³-hybridized carbons (Fsp3) is 0.200. The molecule has 12 heavy (non-hydrogen) atoms.